The minimum absolute atomic E-state index is 0.0765. The summed E-state index contributed by atoms with van der Waals surface area (Å²) in [5, 5.41) is 5.38. The van der Waals surface area contributed by atoms with Crippen LogP contribution in [-0.4, -0.2) is 42.0 Å². The lowest BCUT2D eigenvalue weighted by atomic mass is 10.4. The quantitative estimate of drug-likeness (QED) is 0.691. The molecule has 0 aliphatic heterocycles. The summed E-state index contributed by atoms with van der Waals surface area (Å²) < 4.78 is 4.51. The SMILES string of the molecule is CCNC(=O)CNc1cncc(C(=O)OC)n1. The van der Waals surface area contributed by atoms with Crippen molar-refractivity contribution in [2.45, 2.75) is 6.92 Å². The number of hydrogen-bond acceptors (Lipinski definition) is 6. The fourth-order valence-electron chi connectivity index (χ4n) is 1.08. The van der Waals surface area contributed by atoms with E-state index in [4.69, 9.17) is 0 Å². The van der Waals surface area contributed by atoms with Gasteiger partial charge >= 0.3 is 5.97 Å². The number of esters is 1. The third-order valence-electron chi connectivity index (χ3n) is 1.83. The largest absolute Gasteiger partial charge is 0.464 e. The number of anilines is 1. The molecule has 0 atom stereocenters. The Kier molecular flexibility index (Phi) is 4.86. The molecular weight excluding hydrogens is 224 g/mol. The lowest BCUT2D eigenvalue weighted by Crippen LogP contribution is -2.29. The van der Waals surface area contributed by atoms with E-state index in [1.807, 2.05) is 6.92 Å². The predicted molar refractivity (Wildman–Crippen MR) is 60.5 cm³/mol. The van der Waals surface area contributed by atoms with Gasteiger partial charge in [0.2, 0.25) is 5.91 Å². The molecule has 1 amide bonds. The molecule has 7 nitrogen and oxygen atoms in total. The zero-order chi connectivity index (χ0) is 12.7. The molecule has 92 valence electrons. The van der Waals surface area contributed by atoms with Gasteiger partial charge in [0.05, 0.1) is 26.0 Å². The number of amides is 1. The number of nitrogens with one attached hydrogen (secondary N) is 2. The van der Waals surface area contributed by atoms with Crippen LogP contribution in [0.15, 0.2) is 12.4 Å². The predicted octanol–water partition coefficient (Wildman–Crippen LogP) is -0.189. The van der Waals surface area contributed by atoms with Crippen molar-refractivity contribution >= 4 is 17.7 Å². The molecule has 0 aliphatic rings. The van der Waals surface area contributed by atoms with Crippen LogP contribution in [-0.2, 0) is 9.53 Å². The Hall–Kier alpha value is -2.18. The van der Waals surface area contributed by atoms with Crippen molar-refractivity contribution in [2.24, 2.45) is 0 Å². The molecule has 17 heavy (non-hydrogen) atoms. The number of likely N-dealkylation sites (N-methyl/N-ethyl adjacent to an activating group) is 1. The molecule has 2 N–H and O–H groups in total. The van der Waals surface area contributed by atoms with Crippen molar-refractivity contribution in [3.05, 3.63) is 18.1 Å². The average molecular weight is 238 g/mol. The van der Waals surface area contributed by atoms with E-state index in [0.717, 1.165) is 0 Å². The van der Waals surface area contributed by atoms with Crippen LogP contribution in [0.25, 0.3) is 0 Å². The van der Waals surface area contributed by atoms with Crippen molar-refractivity contribution in [3.8, 4) is 0 Å². The first-order chi connectivity index (χ1) is 8.17. The van der Waals surface area contributed by atoms with Gasteiger partial charge in [0.15, 0.2) is 5.69 Å². The van der Waals surface area contributed by atoms with Gasteiger partial charge in [0.25, 0.3) is 0 Å². The topological polar surface area (TPSA) is 93.2 Å². The molecule has 0 fully saturated rings. The second kappa shape index (κ2) is 6.41. The first-order valence-electron chi connectivity index (χ1n) is 5.08. The highest BCUT2D eigenvalue weighted by atomic mass is 16.5. The highest BCUT2D eigenvalue weighted by Crippen LogP contribution is 2.02. The molecule has 0 bridgehead atoms. The Labute approximate surface area is 98.6 Å². The molecular formula is C10H14N4O3. The van der Waals surface area contributed by atoms with Crippen LogP contribution >= 0.6 is 0 Å². The summed E-state index contributed by atoms with van der Waals surface area (Å²) in [6.07, 6.45) is 2.72. The zero-order valence-corrected chi connectivity index (χ0v) is 9.69. The van der Waals surface area contributed by atoms with Gasteiger partial charge in [0.1, 0.15) is 5.82 Å². The summed E-state index contributed by atoms with van der Waals surface area (Å²) in [6.45, 7) is 2.47. The highest BCUT2D eigenvalue weighted by Gasteiger charge is 2.08. The minimum Gasteiger partial charge on any atom is -0.464 e. The van der Waals surface area contributed by atoms with E-state index in [-0.39, 0.29) is 18.1 Å². The molecule has 0 spiro atoms. The van der Waals surface area contributed by atoms with Crippen molar-refractivity contribution < 1.29 is 14.3 Å². The van der Waals surface area contributed by atoms with E-state index in [1.54, 1.807) is 0 Å². The van der Waals surface area contributed by atoms with Crippen LogP contribution in [0.3, 0.4) is 0 Å². The van der Waals surface area contributed by atoms with Crippen molar-refractivity contribution in [1.82, 2.24) is 15.3 Å². The number of nitrogens with zero attached hydrogens (tertiary/aromatic N) is 2. The van der Waals surface area contributed by atoms with Gasteiger partial charge in [-0.25, -0.2) is 9.78 Å². The van der Waals surface area contributed by atoms with Crippen molar-refractivity contribution in [3.63, 3.8) is 0 Å². The molecule has 0 aromatic carbocycles. The summed E-state index contributed by atoms with van der Waals surface area (Å²) in [6, 6.07) is 0. The third kappa shape index (κ3) is 4.06. The smallest absolute Gasteiger partial charge is 0.358 e. The first-order valence-corrected chi connectivity index (χ1v) is 5.08. The Bertz CT molecular complexity index is 408. The molecule has 0 radical (unpaired) electrons. The fourth-order valence-corrected chi connectivity index (χ4v) is 1.08. The van der Waals surface area contributed by atoms with E-state index in [2.05, 4.69) is 25.3 Å². The maximum absolute atomic E-state index is 11.2. The first kappa shape index (κ1) is 12.9. The van der Waals surface area contributed by atoms with E-state index in [9.17, 15) is 9.59 Å². The van der Waals surface area contributed by atoms with Crippen LogP contribution in [0.5, 0.6) is 0 Å². The third-order valence-corrected chi connectivity index (χ3v) is 1.83. The minimum atomic E-state index is -0.570. The van der Waals surface area contributed by atoms with E-state index in [0.29, 0.717) is 12.4 Å². The van der Waals surface area contributed by atoms with Crippen molar-refractivity contribution in [1.29, 1.82) is 0 Å². The van der Waals surface area contributed by atoms with E-state index >= 15 is 0 Å². The normalized spacial score (nSPS) is 9.53. The van der Waals surface area contributed by atoms with Crippen LogP contribution < -0.4 is 10.6 Å². The Morgan fingerprint density at radius 2 is 2.18 bits per heavy atom. The maximum atomic E-state index is 11.2. The fraction of sp³-hybridized carbons (Fsp3) is 0.400. The Morgan fingerprint density at radius 1 is 1.41 bits per heavy atom. The number of hydrogen-bond donors (Lipinski definition) is 2. The van der Waals surface area contributed by atoms with Gasteiger partial charge in [-0.05, 0) is 6.92 Å². The van der Waals surface area contributed by atoms with Gasteiger partial charge in [-0.3, -0.25) is 9.78 Å². The van der Waals surface area contributed by atoms with E-state index in [1.165, 1.54) is 19.5 Å². The molecule has 1 aromatic rings. The molecule has 1 aromatic heterocycles. The number of carbonyl (C=O) groups is 2. The summed E-state index contributed by atoms with van der Waals surface area (Å²) in [5.41, 5.74) is 0.0911. The summed E-state index contributed by atoms with van der Waals surface area (Å²) >= 11 is 0. The average Bonchev–Trinajstić information content (AvgIpc) is 2.36. The number of rotatable bonds is 5. The molecule has 0 saturated heterocycles. The van der Waals surface area contributed by atoms with Gasteiger partial charge in [0, 0.05) is 6.54 Å². The Balaban J connectivity index is 2.60. The van der Waals surface area contributed by atoms with Crippen molar-refractivity contribution in [2.75, 3.05) is 25.5 Å². The number of methoxy groups -OCH3 is 1. The van der Waals surface area contributed by atoms with Gasteiger partial charge in [-0.15, -0.1) is 0 Å². The van der Waals surface area contributed by atoms with E-state index < -0.39 is 5.97 Å². The molecule has 7 heteroatoms. The zero-order valence-electron chi connectivity index (χ0n) is 9.69. The number of aromatic nitrogens is 2. The second-order valence-corrected chi connectivity index (χ2v) is 3.09. The molecule has 0 aliphatic carbocycles. The van der Waals surface area contributed by atoms with Crippen LogP contribution in [0.2, 0.25) is 0 Å². The molecule has 1 rings (SSSR count). The standard InChI is InChI=1S/C10H14N4O3/c1-3-12-9(15)6-13-8-5-11-4-7(14-8)10(16)17-2/h4-5H,3,6H2,1-2H3,(H,12,15)(H,13,14). The molecule has 0 unspecified atom stereocenters. The van der Waals surface area contributed by atoms with Crippen LogP contribution in [0.4, 0.5) is 5.82 Å². The summed E-state index contributed by atoms with van der Waals surface area (Å²) in [4.78, 5) is 30.1. The van der Waals surface area contributed by atoms with Crippen LogP contribution in [0, 0.1) is 0 Å². The van der Waals surface area contributed by atoms with Gasteiger partial charge < -0.3 is 15.4 Å². The van der Waals surface area contributed by atoms with Gasteiger partial charge in [-0.2, -0.15) is 0 Å². The lowest BCUT2D eigenvalue weighted by Gasteiger charge is -2.06. The molecule has 1 heterocycles. The summed E-state index contributed by atoms with van der Waals surface area (Å²) in [5.74, 6) is -0.379. The monoisotopic (exact) mass is 238 g/mol. The lowest BCUT2D eigenvalue weighted by molar-refractivity contribution is -0.119. The number of ether oxygens (including phenoxy) is 1. The summed E-state index contributed by atoms with van der Waals surface area (Å²) in [7, 11) is 1.26. The van der Waals surface area contributed by atoms with Crippen LogP contribution in [0.1, 0.15) is 17.4 Å². The van der Waals surface area contributed by atoms with Gasteiger partial charge in [-0.1, -0.05) is 0 Å². The second-order valence-electron chi connectivity index (χ2n) is 3.09. The number of carbonyl (C=O) groups excluding carboxylic acids is 2. The highest BCUT2D eigenvalue weighted by molar-refractivity contribution is 5.87. The molecule has 0 saturated carbocycles. The maximum Gasteiger partial charge on any atom is 0.358 e. The Morgan fingerprint density at radius 3 is 2.82 bits per heavy atom.